The van der Waals surface area contributed by atoms with Crippen LogP contribution in [0.25, 0.3) is 0 Å². The third-order valence-corrected chi connectivity index (χ3v) is 3.14. The zero-order valence-corrected chi connectivity index (χ0v) is 15.2. The molecule has 0 spiro atoms. The Hall–Kier alpha value is -1.14. The van der Waals surface area contributed by atoms with E-state index in [1.165, 1.54) is 0 Å². The standard InChI is InChI=1S/C16H33N3O3/c1-15(2,3)13(20)18-9-11-22-12-16(4,5)14(21)17-8-10-19(6)7/h8-12H2,1-7H3,(H,17,21)(H,18,20). The Morgan fingerprint density at radius 3 is 2.00 bits per heavy atom. The Balaban J connectivity index is 3.93. The van der Waals surface area contributed by atoms with Gasteiger partial charge in [-0.15, -0.1) is 0 Å². The highest BCUT2D eigenvalue weighted by molar-refractivity contribution is 5.82. The molecule has 0 saturated carbocycles. The lowest BCUT2D eigenvalue weighted by Gasteiger charge is -2.24. The zero-order chi connectivity index (χ0) is 17.4. The number of nitrogens with one attached hydrogen (secondary N) is 2. The van der Waals surface area contributed by atoms with Crippen LogP contribution in [0.2, 0.25) is 0 Å². The molecule has 0 unspecified atom stereocenters. The number of hydrogen-bond acceptors (Lipinski definition) is 4. The maximum atomic E-state index is 12.1. The van der Waals surface area contributed by atoms with Crippen molar-refractivity contribution in [2.24, 2.45) is 10.8 Å². The lowest BCUT2D eigenvalue weighted by atomic mass is 9.93. The van der Waals surface area contributed by atoms with Crippen molar-refractivity contribution in [3.63, 3.8) is 0 Å². The van der Waals surface area contributed by atoms with Gasteiger partial charge in [0.2, 0.25) is 11.8 Å². The van der Waals surface area contributed by atoms with E-state index in [2.05, 4.69) is 10.6 Å². The van der Waals surface area contributed by atoms with Crippen LogP contribution < -0.4 is 10.6 Å². The van der Waals surface area contributed by atoms with Crippen molar-refractivity contribution in [3.05, 3.63) is 0 Å². The summed E-state index contributed by atoms with van der Waals surface area (Å²) in [5, 5.41) is 5.72. The van der Waals surface area contributed by atoms with Crippen LogP contribution in [0.3, 0.4) is 0 Å². The molecule has 0 aliphatic rings. The Bertz CT molecular complexity index is 360. The van der Waals surface area contributed by atoms with Crippen LogP contribution in [0.15, 0.2) is 0 Å². The van der Waals surface area contributed by atoms with E-state index in [9.17, 15) is 9.59 Å². The van der Waals surface area contributed by atoms with Gasteiger partial charge in [-0.25, -0.2) is 0 Å². The summed E-state index contributed by atoms with van der Waals surface area (Å²) < 4.78 is 5.52. The minimum Gasteiger partial charge on any atom is -0.379 e. The number of hydrogen-bond donors (Lipinski definition) is 2. The van der Waals surface area contributed by atoms with Gasteiger partial charge in [0.1, 0.15) is 0 Å². The molecule has 2 amide bonds. The Labute approximate surface area is 135 Å². The molecule has 0 aromatic rings. The molecule has 6 heteroatoms. The fourth-order valence-corrected chi connectivity index (χ4v) is 1.53. The smallest absolute Gasteiger partial charge is 0.228 e. The number of likely N-dealkylation sites (N-methyl/N-ethyl adjacent to an activating group) is 1. The van der Waals surface area contributed by atoms with E-state index in [0.717, 1.165) is 6.54 Å². The van der Waals surface area contributed by atoms with Crippen molar-refractivity contribution < 1.29 is 14.3 Å². The second kappa shape index (κ2) is 9.10. The van der Waals surface area contributed by atoms with E-state index in [1.54, 1.807) is 0 Å². The van der Waals surface area contributed by atoms with E-state index < -0.39 is 10.8 Å². The lowest BCUT2D eigenvalue weighted by Crippen LogP contribution is -2.43. The molecule has 0 aliphatic heterocycles. The zero-order valence-electron chi connectivity index (χ0n) is 15.2. The quantitative estimate of drug-likeness (QED) is 0.619. The molecule has 22 heavy (non-hydrogen) atoms. The second-order valence-corrected chi connectivity index (χ2v) is 7.50. The van der Waals surface area contributed by atoms with Gasteiger partial charge >= 0.3 is 0 Å². The predicted octanol–water partition coefficient (Wildman–Crippen LogP) is 0.869. The molecule has 0 atom stereocenters. The maximum Gasteiger partial charge on any atom is 0.228 e. The van der Waals surface area contributed by atoms with Gasteiger partial charge in [0.15, 0.2) is 0 Å². The lowest BCUT2D eigenvalue weighted by molar-refractivity contribution is -0.133. The fraction of sp³-hybridized carbons (Fsp3) is 0.875. The summed E-state index contributed by atoms with van der Waals surface area (Å²) in [6.45, 7) is 11.9. The molecule has 6 nitrogen and oxygen atoms in total. The molecule has 0 rings (SSSR count). The van der Waals surface area contributed by atoms with E-state index in [-0.39, 0.29) is 11.8 Å². The first-order valence-electron chi connectivity index (χ1n) is 7.76. The van der Waals surface area contributed by atoms with Crippen molar-refractivity contribution in [2.75, 3.05) is 46.9 Å². The van der Waals surface area contributed by atoms with Crippen LogP contribution in [0.5, 0.6) is 0 Å². The number of carbonyl (C=O) groups is 2. The van der Waals surface area contributed by atoms with E-state index in [4.69, 9.17) is 4.74 Å². The van der Waals surface area contributed by atoms with E-state index >= 15 is 0 Å². The van der Waals surface area contributed by atoms with Gasteiger partial charge in [-0.1, -0.05) is 20.8 Å². The topological polar surface area (TPSA) is 70.7 Å². The molecule has 130 valence electrons. The molecule has 0 aromatic heterocycles. The highest BCUT2D eigenvalue weighted by atomic mass is 16.5. The highest BCUT2D eigenvalue weighted by Gasteiger charge is 2.27. The third-order valence-electron chi connectivity index (χ3n) is 3.14. The van der Waals surface area contributed by atoms with Gasteiger partial charge in [0.25, 0.3) is 0 Å². The molecular weight excluding hydrogens is 282 g/mol. The van der Waals surface area contributed by atoms with Crippen LogP contribution >= 0.6 is 0 Å². The van der Waals surface area contributed by atoms with Crippen molar-refractivity contribution in [3.8, 4) is 0 Å². The summed E-state index contributed by atoms with van der Waals surface area (Å²) >= 11 is 0. The van der Waals surface area contributed by atoms with Crippen LogP contribution in [0.1, 0.15) is 34.6 Å². The van der Waals surface area contributed by atoms with Crippen molar-refractivity contribution in [1.82, 2.24) is 15.5 Å². The Morgan fingerprint density at radius 2 is 1.50 bits per heavy atom. The first-order chi connectivity index (χ1) is 9.97. The Morgan fingerprint density at radius 1 is 0.955 bits per heavy atom. The number of carbonyl (C=O) groups excluding carboxylic acids is 2. The largest absolute Gasteiger partial charge is 0.379 e. The molecule has 0 fully saturated rings. The summed E-state index contributed by atoms with van der Waals surface area (Å²) in [4.78, 5) is 25.8. The molecule has 0 aromatic carbocycles. The summed E-state index contributed by atoms with van der Waals surface area (Å²) in [6, 6.07) is 0. The van der Waals surface area contributed by atoms with Gasteiger partial charge in [-0.3, -0.25) is 9.59 Å². The first-order valence-corrected chi connectivity index (χ1v) is 7.76. The van der Waals surface area contributed by atoms with Crippen LogP contribution in [0.4, 0.5) is 0 Å². The van der Waals surface area contributed by atoms with Crippen molar-refractivity contribution >= 4 is 11.8 Å². The minimum absolute atomic E-state index is 0.00297. The van der Waals surface area contributed by atoms with Crippen LogP contribution in [-0.2, 0) is 14.3 Å². The number of rotatable bonds is 9. The summed E-state index contributed by atoms with van der Waals surface area (Å²) in [6.07, 6.45) is 0. The van der Waals surface area contributed by atoms with Gasteiger partial charge in [-0.05, 0) is 27.9 Å². The van der Waals surface area contributed by atoms with Gasteiger partial charge < -0.3 is 20.3 Å². The monoisotopic (exact) mass is 315 g/mol. The molecule has 0 bridgehead atoms. The molecule has 0 saturated heterocycles. The molecular formula is C16H33N3O3. The number of ether oxygens (including phenoxy) is 1. The predicted molar refractivity (Wildman–Crippen MR) is 88.6 cm³/mol. The summed E-state index contributed by atoms with van der Waals surface area (Å²) in [7, 11) is 3.93. The van der Waals surface area contributed by atoms with Crippen molar-refractivity contribution in [1.29, 1.82) is 0 Å². The Kier molecular flexibility index (Phi) is 8.63. The van der Waals surface area contributed by atoms with Gasteiger partial charge in [0, 0.05) is 25.0 Å². The van der Waals surface area contributed by atoms with E-state index in [1.807, 2.05) is 53.6 Å². The van der Waals surface area contributed by atoms with E-state index in [0.29, 0.717) is 26.3 Å². The molecule has 0 radical (unpaired) electrons. The second-order valence-electron chi connectivity index (χ2n) is 7.50. The minimum atomic E-state index is -0.583. The number of amides is 2. The normalized spacial score (nSPS) is 12.4. The van der Waals surface area contributed by atoms with Crippen molar-refractivity contribution in [2.45, 2.75) is 34.6 Å². The molecule has 2 N–H and O–H groups in total. The van der Waals surface area contributed by atoms with Gasteiger partial charge in [0.05, 0.1) is 18.6 Å². The third kappa shape index (κ3) is 9.00. The first kappa shape index (κ1) is 20.9. The average Bonchev–Trinajstić information content (AvgIpc) is 2.36. The summed E-state index contributed by atoms with van der Waals surface area (Å²) in [5.74, 6) is -0.0233. The molecule has 0 aliphatic carbocycles. The van der Waals surface area contributed by atoms with Crippen LogP contribution in [-0.4, -0.2) is 63.7 Å². The average molecular weight is 315 g/mol. The maximum absolute atomic E-state index is 12.1. The molecule has 0 heterocycles. The highest BCUT2D eigenvalue weighted by Crippen LogP contribution is 2.15. The number of nitrogens with zero attached hydrogens (tertiary/aromatic N) is 1. The van der Waals surface area contributed by atoms with Crippen LogP contribution in [0, 0.1) is 10.8 Å². The SMILES string of the molecule is CN(C)CCNC(=O)C(C)(C)COCCNC(=O)C(C)(C)C. The fourth-order valence-electron chi connectivity index (χ4n) is 1.53. The van der Waals surface area contributed by atoms with Gasteiger partial charge in [-0.2, -0.15) is 0 Å². The summed E-state index contributed by atoms with van der Waals surface area (Å²) in [5.41, 5.74) is -0.980.